The molecular formula is C19H30N2O2. The minimum atomic E-state index is -0.323. The highest BCUT2D eigenvalue weighted by Gasteiger charge is 2.39. The Kier molecular flexibility index (Phi) is 6.19. The van der Waals surface area contributed by atoms with E-state index in [-0.39, 0.29) is 24.0 Å². The second-order valence-corrected chi connectivity index (χ2v) is 6.91. The first-order valence-corrected chi connectivity index (χ1v) is 8.69. The number of carbonyl (C=O) groups excluding carboxylic acids is 1. The highest BCUT2D eigenvalue weighted by molar-refractivity contribution is 5.83. The molecule has 0 radical (unpaired) electrons. The number of aliphatic hydroxyl groups excluding tert-OH is 1. The zero-order valence-corrected chi connectivity index (χ0v) is 14.6. The van der Waals surface area contributed by atoms with Crippen LogP contribution in [0.1, 0.15) is 44.2 Å². The molecule has 0 bridgehead atoms. The zero-order valence-electron chi connectivity index (χ0n) is 14.6. The number of carbonyl (C=O) groups is 1. The van der Waals surface area contributed by atoms with Crippen molar-refractivity contribution in [2.75, 3.05) is 19.7 Å². The van der Waals surface area contributed by atoms with Crippen LogP contribution in [0.15, 0.2) is 24.3 Å². The largest absolute Gasteiger partial charge is 0.394 e. The van der Waals surface area contributed by atoms with Crippen molar-refractivity contribution in [3.05, 3.63) is 35.4 Å². The third kappa shape index (κ3) is 4.12. The molecular weight excluding hydrogens is 288 g/mol. The molecule has 2 rings (SSSR count). The van der Waals surface area contributed by atoms with Gasteiger partial charge in [0.15, 0.2) is 0 Å². The van der Waals surface area contributed by atoms with Gasteiger partial charge in [0.2, 0.25) is 5.91 Å². The van der Waals surface area contributed by atoms with Crippen molar-refractivity contribution < 1.29 is 9.90 Å². The molecule has 1 aliphatic rings. The molecule has 0 spiro atoms. The fourth-order valence-electron chi connectivity index (χ4n) is 3.32. The monoisotopic (exact) mass is 318 g/mol. The number of hydrogen-bond acceptors (Lipinski definition) is 3. The lowest BCUT2D eigenvalue weighted by molar-refractivity contribution is -0.147. The van der Waals surface area contributed by atoms with Crippen molar-refractivity contribution in [3.8, 4) is 0 Å². The molecule has 0 aliphatic carbocycles. The van der Waals surface area contributed by atoms with Gasteiger partial charge >= 0.3 is 0 Å². The van der Waals surface area contributed by atoms with Gasteiger partial charge in [-0.2, -0.15) is 0 Å². The van der Waals surface area contributed by atoms with Crippen molar-refractivity contribution in [1.82, 2.24) is 10.2 Å². The smallest absolute Gasteiger partial charge is 0.229 e. The SMILES string of the molecule is CC[C@H](CO)N(Cc1ccccc1C)C(=O)C1(C)CCNCC1. The molecule has 1 saturated heterocycles. The summed E-state index contributed by atoms with van der Waals surface area (Å²) in [5.74, 6) is 0.183. The summed E-state index contributed by atoms with van der Waals surface area (Å²) in [6.07, 6.45) is 2.48. The molecule has 128 valence electrons. The third-order valence-corrected chi connectivity index (χ3v) is 5.21. The quantitative estimate of drug-likeness (QED) is 0.847. The Morgan fingerprint density at radius 2 is 2.00 bits per heavy atom. The Balaban J connectivity index is 2.26. The molecule has 0 aromatic heterocycles. The van der Waals surface area contributed by atoms with Gasteiger partial charge in [-0.25, -0.2) is 0 Å². The lowest BCUT2D eigenvalue weighted by atomic mass is 9.79. The maximum atomic E-state index is 13.3. The minimum absolute atomic E-state index is 0.0163. The van der Waals surface area contributed by atoms with Gasteiger partial charge in [-0.3, -0.25) is 4.79 Å². The van der Waals surface area contributed by atoms with Crippen LogP contribution < -0.4 is 5.32 Å². The lowest BCUT2D eigenvalue weighted by Crippen LogP contribution is -2.51. The standard InChI is InChI=1S/C19H30N2O2/c1-4-17(14-22)21(13-16-8-6-5-7-15(16)2)18(23)19(3)9-11-20-12-10-19/h5-8,17,20,22H,4,9-14H2,1-3H3/t17-/m1/s1. The van der Waals surface area contributed by atoms with Crippen LogP contribution in [0.4, 0.5) is 0 Å². The Morgan fingerprint density at radius 3 is 2.57 bits per heavy atom. The topological polar surface area (TPSA) is 52.6 Å². The number of aliphatic hydroxyl groups is 1. The van der Waals surface area contributed by atoms with Crippen molar-refractivity contribution in [3.63, 3.8) is 0 Å². The summed E-state index contributed by atoms with van der Waals surface area (Å²) < 4.78 is 0. The number of hydrogen-bond donors (Lipinski definition) is 2. The van der Waals surface area contributed by atoms with Crippen molar-refractivity contribution in [2.24, 2.45) is 5.41 Å². The summed E-state index contributed by atoms with van der Waals surface area (Å²) in [4.78, 5) is 15.2. The second-order valence-electron chi connectivity index (χ2n) is 6.91. The molecule has 1 aromatic carbocycles. The van der Waals surface area contributed by atoms with E-state index in [1.54, 1.807) is 0 Å². The molecule has 23 heavy (non-hydrogen) atoms. The fourth-order valence-corrected chi connectivity index (χ4v) is 3.32. The Bertz CT molecular complexity index is 520. The summed E-state index contributed by atoms with van der Waals surface area (Å²) >= 11 is 0. The normalized spacial score (nSPS) is 18.4. The number of piperidine rings is 1. The Labute approximate surface area is 139 Å². The van der Waals surface area contributed by atoms with E-state index in [0.717, 1.165) is 37.9 Å². The average Bonchev–Trinajstić information content (AvgIpc) is 2.56. The van der Waals surface area contributed by atoms with Gasteiger partial charge in [-0.05, 0) is 50.4 Å². The van der Waals surface area contributed by atoms with E-state index in [4.69, 9.17) is 0 Å². The summed E-state index contributed by atoms with van der Waals surface area (Å²) in [7, 11) is 0. The van der Waals surface area contributed by atoms with E-state index >= 15 is 0 Å². The number of nitrogens with zero attached hydrogens (tertiary/aromatic N) is 1. The molecule has 0 saturated carbocycles. The molecule has 1 aromatic rings. The van der Waals surface area contributed by atoms with Gasteiger partial charge in [0.1, 0.15) is 0 Å². The van der Waals surface area contributed by atoms with Crippen LogP contribution in [0.5, 0.6) is 0 Å². The maximum Gasteiger partial charge on any atom is 0.229 e. The maximum absolute atomic E-state index is 13.3. The summed E-state index contributed by atoms with van der Waals surface area (Å²) in [6, 6.07) is 8.06. The van der Waals surface area contributed by atoms with E-state index in [1.807, 2.05) is 24.0 Å². The number of aryl methyl sites for hydroxylation is 1. The van der Waals surface area contributed by atoms with Gasteiger partial charge in [-0.15, -0.1) is 0 Å². The van der Waals surface area contributed by atoms with Crippen molar-refractivity contribution in [1.29, 1.82) is 0 Å². The summed E-state index contributed by atoms with van der Waals surface area (Å²) in [6.45, 7) is 8.54. The highest BCUT2D eigenvalue weighted by Crippen LogP contribution is 2.32. The van der Waals surface area contributed by atoms with Crippen molar-refractivity contribution >= 4 is 5.91 Å². The van der Waals surface area contributed by atoms with E-state index in [0.29, 0.717) is 6.54 Å². The highest BCUT2D eigenvalue weighted by atomic mass is 16.3. The average molecular weight is 318 g/mol. The molecule has 2 N–H and O–H groups in total. The number of benzene rings is 1. The molecule has 4 nitrogen and oxygen atoms in total. The van der Waals surface area contributed by atoms with Crippen LogP contribution in [0.25, 0.3) is 0 Å². The van der Waals surface area contributed by atoms with Gasteiger partial charge in [0.25, 0.3) is 0 Å². The van der Waals surface area contributed by atoms with E-state index < -0.39 is 0 Å². The first-order valence-electron chi connectivity index (χ1n) is 8.69. The second kappa shape index (κ2) is 7.93. The van der Waals surface area contributed by atoms with Crippen LogP contribution in [0, 0.1) is 12.3 Å². The predicted octanol–water partition coefficient (Wildman–Crippen LogP) is 2.48. The first-order chi connectivity index (χ1) is 11.0. The van der Waals surface area contributed by atoms with Crippen LogP contribution >= 0.6 is 0 Å². The fraction of sp³-hybridized carbons (Fsp3) is 0.632. The van der Waals surface area contributed by atoms with Gasteiger partial charge in [-0.1, -0.05) is 38.1 Å². The molecule has 1 fully saturated rings. The summed E-state index contributed by atoms with van der Waals surface area (Å²) in [5, 5.41) is 13.1. The lowest BCUT2D eigenvalue weighted by Gasteiger charge is -2.40. The van der Waals surface area contributed by atoms with Crippen molar-refractivity contribution in [2.45, 2.75) is 52.6 Å². The van der Waals surface area contributed by atoms with Crippen LogP contribution in [-0.2, 0) is 11.3 Å². The van der Waals surface area contributed by atoms with Gasteiger partial charge in [0, 0.05) is 12.0 Å². The minimum Gasteiger partial charge on any atom is -0.394 e. The third-order valence-electron chi connectivity index (χ3n) is 5.21. The molecule has 4 heteroatoms. The van der Waals surface area contributed by atoms with Crippen LogP contribution in [-0.4, -0.2) is 41.7 Å². The van der Waals surface area contributed by atoms with Crippen LogP contribution in [0.3, 0.4) is 0 Å². The number of rotatable bonds is 6. The Morgan fingerprint density at radius 1 is 1.35 bits per heavy atom. The van der Waals surface area contributed by atoms with E-state index in [2.05, 4.69) is 31.3 Å². The molecule has 1 amide bonds. The Hall–Kier alpha value is -1.39. The van der Waals surface area contributed by atoms with Gasteiger partial charge in [0.05, 0.1) is 12.6 Å². The van der Waals surface area contributed by atoms with Gasteiger partial charge < -0.3 is 15.3 Å². The molecule has 1 aliphatic heterocycles. The first kappa shape index (κ1) is 18.0. The van der Waals surface area contributed by atoms with E-state index in [1.165, 1.54) is 5.56 Å². The summed E-state index contributed by atoms with van der Waals surface area (Å²) in [5.41, 5.74) is 2.02. The molecule has 0 unspecified atom stereocenters. The predicted molar refractivity (Wildman–Crippen MR) is 93.1 cm³/mol. The number of nitrogens with one attached hydrogen (secondary N) is 1. The number of amides is 1. The molecule has 1 heterocycles. The zero-order chi connectivity index (χ0) is 16.9. The molecule has 1 atom stereocenters. The van der Waals surface area contributed by atoms with E-state index in [9.17, 15) is 9.90 Å². The van der Waals surface area contributed by atoms with Crippen LogP contribution in [0.2, 0.25) is 0 Å².